The molecule has 1 heterocycles. The van der Waals surface area contributed by atoms with Gasteiger partial charge in [-0.25, -0.2) is 4.98 Å². The predicted octanol–water partition coefficient (Wildman–Crippen LogP) is 2.20. The monoisotopic (exact) mass is 372 g/mol. The third kappa shape index (κ3) is 3.13. The number of aromatic nitrogens is 2. The van der Waals surface area contributed by atoms with Gasteiger partial charge in [-0.1, -0.05) is 0 Å². The summed E-state index contributed by atoms with van der Waals surface area (Å²) in [6.45, 7) is 0.311. The lowest BCUT2D eigenvalue weighted by Gasteiger charge is -2.07. The molecule has 0 amide bonds. The molecule has 0 aliphatic rings. The van der Waals surface area contributed by atoms with Crippen molar-refractivity contribution in [3.8, 4) is 17.1 Å². The Hall–Kier alpha value is -1.41. The molecule has 1 aromatic heterocycles. The highest BCUT2D eigenvalue weighted by molar-refractivity contribution is 14.1. The van der Waals surface area contributed by atoms with Crippen molar-refractivity contribution in [2.75, 3.05) is 14.2 Å². The molecule has 6 heteroatoms. The van der Waals surface area contributed by atoms with Gasteiger partial charge >= 0.3 is 0 Å². The number of benzene rings is 1. The average Bonchev–Trinajstić information content (AvgIpc) is 2.44. The molecule has 0 bridgehead atoms. The second-order valence-electron chi connectivity index (χ2n) is 3.84. The van der Waals surface area contributed by atoms with Gasteiger partial charge in [0, 0.05) is 12.7 Å². The normalized spacial score (nSPS) is 10.5. The third-order valence-electron chi connectivity index (χ3n) is 2.58. The van der Waals surface area contributed by atoms with Crippen molar-refractivity contribution in [2.24, 2.45) is 0 Å². The fraction of sp³-hybridized carbons (Fsp3) is 0.231. The Labute approximate surface area is 124 Å². The van der Waals surface area contributed by atoms with Crippen molar-refractivity contribution in [2.45, 2.75) is 6.61 Å². The van der Waals surface area contributed by atoms with E-state index in [1.54, 1.807) is 14.2 Å². The Kier molecular flexibility index (Phi) is 4.54. The van der Waals surface area contributed by atoms with Crippen LogP contribution in [0.4, 0.5) is 0 Å². The Bertz CT molecular complexity index is 623. The van der Waals surface area contributed by atoms with Crippen LogP contribution < -0.4 is 10.3 Å². The highest BCUT2D eigenvalue weighted by atomic mass is 127. The minimum absolute atomic E-state index is 0.159. The molecule has 19 heavy (non-hydrogen) atoms. The van der Waals surface area contributed by atoms with Crippen molar-refractivity contribution in [3.63, 3.8) is 0 Å². The van der Waals surface area contributed by atoms with E-state index in [9.17, 15) is 4.79 Å². The zero-order chi connectivity index (χ0) is 13.8. The minimum atomic E-state index is -0.159. The first-order valence-corrected chi connectivity index (χ1v) is 6.65. The molecule has 1 aromatic carbocycles. The van der Waals surface area contributed by atoms with Crippen LogP contribution in [0.1, 0.15) is 5.69 Å². The second kappa shape index (κ2) is 6.16. The highest BCUT2D eigenvalue weighted by Crippen LogP contribution is 2.19. The summed E-state index contributed by atoms with van der Waals surface area (Å²) in [6.07, 6.45) is 0. The number of hydrogen-bond acceptors (Lipinski definition) is 4. The zero-order valence-electron chi connectivity index (χ0n) is 10.6. The van der Waals surface area contributed by atoms with E-state index in [2.05, 4.69) is 9.97 Å². The van der Waals surface area contributed by atoms with Crippen LogP contribution in [0.3, 0.4) is 0 Å². The molecule has 0 fully saturated rings. The van der Waals surface area contributed by atoms with Crippen LogP contribution in [0.5, 0.6) is 5.75 Å². The molecule has 100 valence electrons. The number of methoxy groups -OCH3 is 2. The van der Waals surface area contributed by atoms with E-state index in [1.165, 1.54) is 0 Å². The fourth-order valence-corrected chi connectivity index (χ4v) is 2.03. The number of aromatic amines is 1. The van der Waals surface area contributed by atoms with E-state index in [0.29, 0.717) is 21.7 Å². The molecule has 1 N–H and O–H groups in total. The summed E-state index contributed by atoms with van der Waals surface area (Å²) in [7, 11) is 3.18. The van der Waals surface area contributed by atoms with Gasteiger partial charge in [0.1, 0.15) is 15.1 Å². The Morgan fingerprint density at radius 2 is 1.95 bits per heavy atom. The average molecular weight is 372 g/mol. The number of ether oxygens (including phenoxy) is 2. The summed E-state index contributed by atoms with van der Waals surface area (Å²) in [6, 6.07) is 7.34. The quantitative estimate of drug-likeness (QED) is 0.836. The van der Waals surface area contributed by atoms with Gasteiger partial charge in [-0.2, -0.15) is 0 Å². The van der Waals surface area contributed by atoms with E-state index in [0.717, 1.165) is 11.3 Å². The van der Waals surface area contributed by atoms with Crippen molar-refractivity contribution in [3.05, 3.63) is 43.9 Å². The summed E-state index contributed by atoms with van der Waals surface area (Å²) in [4.78, 5) is 19.0. The van der Waals surface area contributed by atoms with Crippen LogP contribution in [0.15, 0.2) is 29.1 Å². The van der Waals surface area contributed by atoms with Gasteiger partial charge in [0.2, 0.25) is 0 Å². The van der Waals surface area contributed by atoms with Crippen LogP contribution in [0.2, 0.25) is 0 Å². The summed E-state index contributed by atoms with van der Waals surface area (Å²) >= 11 is 1.97. The molecule has 0 atom stereocenters. The standard InChI is InChI=1S/C13H13IN2O3/c1-18-7-10-11(14)13(17)16-12(15-10)8-3-5-9(19-2)6-4-8/h3-6H,7H2,1-2H3,(H,15,16,17). The summed E-state index contributed by atoms with van der Waals surface area (Å²) in [5.74, 6) is 1.29. The number of nitrogens with zero attached hydrogens (tertiary/aromatic N) is 1. The third-order valence-corrected chi connectivity index (χ3v) is 3.69. The maximum atomic E-state index is 11.8. The lowest BCUT2D eigenvalue weighted by molar-refractivity contribution is 0.180. The van der Waals surface area contributed by atoms with Crippen LogP contribution >= 0.6 is 22.6 Å². The molecule has 0 unspecified atom stereocenters. The van der Waals surface area contributed by atoms with Crippen molar-refractivity contribution >= 4 is 22.6 Å². The van der Waals surface area contributed by atoms with Crippen LogP contribution in [-0.2, 0) is 11.3 Å². The molecule has 0 saturated heterocycles. The topological polar surface area (TPSA) is 64.2 Å². The fourth-order valence-electron chi connectivity index (χ4n) is 1.62. The van der Waals surface area contributed by atoms with Crippen molar-refractivity contribution < 1.29 is 9.47 Å². The molecular formula is C13H13IN2O3. The van der Waals surface area contributed by atoms with Gasteiger partial charge < -0.3 is 14.5 Å². The lowest BCUT2D eigenvalue weighted by Crippen LogP contribution is -2.16. The first-order chi connectivity index (χ1) is 9.15. The van der Waals surface area contributed by atoms with Crippen LogP contribution in [-0.4, -0.2) is 24.2 Å². The van der Waals surface area contributed by atoms with Crippen molar-refractivity contribution in [1.29, 1.82) is 0 Å². The number of halogens is 1. The summed E-state index contributed by atoms with van der Waals surface area (Å²) < 4.78 is 10.7. The highest BCUT2D eigenvalue weighted by Gasteiger charge is 2.10. The molecule has 0 saturated carbocycles. The summed E-state index contributed by atoms with van der Waals surface area (Å²) in [5, 5.41) is 0. The van der Waals surface area contributed by atoms with E-state index < -0.39 is 0 Å². The second-order valence-corrected chi connectivity index (χ2v) is 4.92. The molecule has 2 rings (SSSR count). The van der Waals surface area contributed by atoms with Gasteiger partial charge in [0.25, 0.3) is 5.56 Å². The molecule has 0 aliphatic heterocycles. The lowest BCUT2D eigenvalue weighted by atomic mass is 10.2. The SMILES string of the molecule is COCc1nc(-c2ccc(OC)cc2)[nH]c(=O)c1I. The predicted molar refractivity (Wildman–Crippen MR) is 80.3 cm³/mol. The smallest absolute Gasteiger partial charge is 0.264 e. The number of H-pyrrole nitrogens is 1. The molecule has 2 aromatic rings. The number of nitrogens with one attached hydrogen (secondary N) is 1. The van der Waals surface area contributed by atoms with E-state index in [-0.39, 0.29) is 5.56 Å². The Morgan fingerprint density at radius 1 is 1.26 bits per heavy atom. The van der Waals surface area contributed by atoms with Gasteiger partial charge in [-0.3, -0.25) is 4.79 Å². The molecule has 5 nitrogen and oxygen atoms in total. The zero-order valence-corrected chi connectivity index (χ0v) is 12.7. The van der Waals surface area contributed by atoms with E-state index in [4.69, 9.17) is 9.47 Å². The van der Waals surface area contributed by atoms with Crippen LogP contribution in [0, 0.1) is 3.57 Å². The van der Waals surface area contributed by atoms with Gasteiger partial charge in [-0.15, -0.1) is 0 Å². The van der Waals surface area contributed by atoms with E-state index in [1.807, 2.05) is 46.9 Å². The summed E-state index contributed by atoms with van der Waals surface area (Å²) in [5.41, 5.74) is 1.30. The maximum absolute atomic E-state index is 11.8. The van der Waals surface area contributed by atoms with E-state index >= 15 is 0 Å². The van der Waals surface area contributed by atoms with Gasteiger partial charge in [-0.05, 0) is 46.9 Å². The first kappa shape index (κ1) is 14.0. The molecule has 0 radical (unpaired) electrons. The minimum Gasteiger partial charge on any atom is -0.497 e. The maximum Gasteiger partial charge on any atom is 0.264 e. The number of rotatable bonds is 4. The Balaban J connectivity index is 2.46. The Morgan fingerprint density at radius 3 is 2.53 bits per heavy atom. The first-order valence-electron chi connectivity index (χ1n) is 5.57. The van der Waals surface area contributed by atoms with Crippen molar-refractivity contribution in [1.82, 2.24) is 9.97 Å². The van der Waals surface area contributed by atoms with Gasteiger partial charge in [0.15, 0.2) is 0 Å². The van der Waals surface area contributed by atoms with Gasteiger partial charge in [0.05, 0.1) is 19.4 Å². The molecule has 0 spiro atoms. The number of hydrogen-bond donors (Lipinski definition) is 1. The molecular weight excluding hydrogens is 359 g/mol. The molecule has 0 aliphatic carbocycles. The largest absolute Gasteiger partial charge is 0.497 e. The van der Waals surface area contributed by atoms with Crippen LogP contribution in [0.25, 0.3) is 11.4 Å².